The van der Waals surface area contributed by atoms with Gasteiger partial charge in [-0.1, -0.05) is 79.7 Å². The highest BCUT2D eigenvalue weighted by atomic mass is 14.4. The minimum Gasteiger partial charge on any atom is -0.0758 e. The highest BCUT2D eigenvalue weighted by molar-refractivity contribution is 5.76. The largest absolute Gasteiger partial charge is 0.0758 e. The van der Waals surface area contributed by atoms with Gasteiger partial charge in [0.1, 0.15) is 0 Å². The fraction of sp³-hybridized carbons (Fsp3) is 0.600. The number of fused-ring (bicyclic) bond motifs is 1. The van der Waals surface area contributed by atoms with Crippen LogP contribution < -0.4 is 0 Å². The van der Waals surface area contributed by atoms with Gasteiger partial charge >= 0.3 is 0 Å². The second-order valence-electron chi connectivity index (χ2n) is 8.82. The van der Waals surface area contributed by atoms with Crippen molar-refractivity contribution in [3.63, 3.8) is 0 Å². The van der Waals surface area contributed by atoms with Gasteiger partial charge in [-0.25, -0.2) is 0 Å². The average Bonchev–Trinajstić information content (AvgIpc) is 2.69. The maximum atomic E-state index is 2.44. The topological polar surface area (TPSA) is 0 Å². The third-order valence-electron chi connectivity index (χ3n) is 5.33. The van der Waals surface area contributed by atoms with Gasteiger partial charge in [0.15, 0.2) is 0 Å². The Labute approximate surface area is 125 Å². The Morgan fingerprint density at radius 1 is 0.850 bits per heavy atom. The van der Waals surface area contributed by atoms with Crippen molar-refractivity contribution in [1.82, 2.24) is 0 Å². The molecule has 20 heavy (non-hydrogen) atoms. The zero-order chi connectivity index (χ0) is 15.3. The Kier molecular flexibility index (Phi) is 3.44. The summed E-state index contributed by atoms with van der Waals surface area (Å²) in [6, 6.07) is 7.13. The summed E-state index contributed by atoms with van der Waals surface area (Å²) in [5.41, 5.74) is 6.63. The first kappa shape index (κ1) is 15.4. The number of hydrogen-bond acceptors (Lipinski definition) is 0. The first-order chi connectivity index (χ1) is 8.94. The molecular weight excluding hydrogens is 240 g/mol. The smallest absolute Gasteiger partial charge is 0.00550 e. The summed E-state index contributed by atoms with van der Waals surface area (Å²) in [6.07, 6.45) is 3.51. The fourth-order valence-electron chi connectivity index (χ4n) is 2.88. The van der Waals surface area contributed by atoms with Crippen LogP contribution >= 0.6 is 0 Å². The van der Waals surface area contributed by atoms with E-state index in [4.69, 9.17) is 0 Å². The molecule has 0 unspecified atom stereocenters. The van der Waals surface area contributed by atoms with E-state index in [-0.39, 0.29) is 16.2 Å². The van der Waals surface area contributed by atoms with E-state index < -0.39 is 0 Å². The van der Waals surface area contributed by atoms with Gasteiger partial charge in [-0.05, 0) is 44.9 Å². The van der Waals surface area contributed by atoms with E-state index in [0.717, 1.165) is 6.42 Å². The second-order valence-corrected chi connectivity index (χ2v) is 8.82. The maximum absolute atomic E-state index is 2.44. The number of allylic oxidation sites excluding steroid dienone is 2. The van der Waals surface area contributed by atoms with Crippen LogP contribution in [0.1, 0.15) is 72.1 Å². The third kappa shape index (κ3) is 2.45. The van der Waals surface area contributed by atoms with Gasteiger partial charge in [0.05, 0.1) is 0 Å². The molecule has 0 amide bonds. The minimum absolute atomic E-state index is 0.187. The quantitative estimate of drug-likeness (QED) is 0.587. The summed E-state index contributed by atoms with van der Waals surface area (Å²) < 4.78 is 0. The van der Waals surface area contributed by atoms with Crippen LogP contribution in [0.4, 0.5) is 0 Å². The van der Waals surface area contributed by atoms with Gasteiger partial charge in [-0.3, -0.25) is 0 Å². The van der Waals surface area contributed by atoms with Gasteiger partial charge in [0.2, 0.25) is 0 Å². The van der Waals surface area contributed by atoms with Crippen molar-refractivity contribution in [1.29, 1.82) is 0 Å². The van der Waals surface area contributed by atoms with E-state index in [1.807, 2.05) is 0 Å². The molecule has 0 bridgehead atoms. The Bertz CT molecular complexity index is 542. The molecule has 0 radical (unpaired) electrons. The molecule has 0 nitrogen and oxygen atoms in total. The first-order valence-electron chi connectivity index (χ1n) is 7.79. The van der Waals surface area contributed by atoms with Crippen LogP contribution in [0.5, 0.6) is 0 Å². The van der Waals surface area contributed by atoms with Gasteiger partial charge in [0.25, 0.3) is 0 Å². The molecule has 0 spiro atoms. The molecule has 110 valence electrons. The molecule has 1 aromatic rings. The lowest BCUT2D eigenvalue weighted by atomic mass is 9.65. The van der Waals surface area contributed by atoms with Crippen LogP contribution in [-0.2, 0) is 11.8 Å². The molecular formula is C20H30. The van der Waals surface area contributed by atoms with Gasteiger partial charge in [-0.15, -0.1) is 0 Å². The summed E-state index contributed by atoms with van der Waals surface area (Å²) in [4.78, 5) is 0. The normalized spacial score (nSPS) is 16.1. The van der Waals surface area contributed by atoms with E-state index in [0.29, 0.717) is 0 Å². The van der Waals surface area contributed by atoms with E-state index in [9.17, 15) is 0 Å². The van der Waals surface area contributed by atoms with Crippen molar-refractivity contribution in [3.8, 4) is 0 Å². The molecule has 1 aliphatic carbocycles. The molecule has 0 saturated heterocycles. The molecule has 0 aliphatic heterocycles. The molecule has 0 saturated carbocycles. The number of benzene rings is 1. The Balaban J connectivity index is 2.44. The summed E-state index contributed by atoms with van der Waals surface area (Å²) >= 11 is 0. The van der Waals surface area contributed by atoms with E-state index in [2.05, 4.69) is 79.7 Å². The van der Waals surface area contributed by atoms with E-state index in [1.165, 1.54) is 22.3 Å². The van der Waals surface area contributed by atoms with Gasteiger partial charge in [0, 0.05) is 0 Å². The van der Waals surface area contributed by atoms with Crippen molar-refractivity contribution < 1.29 is 0 Å². The van der Waals surface area contributed by atoms with Crippen LogP contribution in [0, 0.1) is 10.8 Å². The van der Waals surface area contributed by atoms with E-state index >= 15 is 0 Å². The van der Waals surface area contributed by atoms with Crippen LogP contribution in [0.2, 0.25) is 0 Å². The monoisotopic (exact) mass is 270 g/mol. The zero-order valence-corrected chi connectivity index (χ0v) is 14.5. The van der Waals surface area contributed by atoms with Gasteiger partial charge < -0.3 is 0 Å². The predicted octanol–water partition coefficient (Wildman–Crippen LogP) is 6.00. The van der Waals surface area contributed by atoms with Crippen LogP contribution in [-0.4, -0.2) is 0 Å². The van der Waals surface area contributed by atoms with Crippen molar-refractivity contribution in [3.05, 3.63) is 41.0 Å². The summed E-state index contributed by atoms with van der Waals surface area (Å²) in [7, 11) is 0. The lowest BCUT2D eigenvalue weighted by Crippen LogP contribution is -2.34. The minimum atomic E-state index is 0.187. The maximum Gasteiger partial charge on any atom is -0.00550 e. The molecule has 2 rings (SSSR count). The molecule has 0 atom stereocenters. The summed E-state index contributed by atoms with van der Waals surface area (Å²) in [5, 5.41) is 0. The molecule has 0 heterocycles. The van der Waals surface area contributed by atoms with Gasteiger partial charge in [-0.2, -0.15) is 0 Å². The molecule has 1 aliphatic rings. The highest BCUT2D eigenvalue weighted by Gasteiger charge is 2.35. The molecule has 0 heteroatoms. The van der Waals surface area contributed by atoms with Crippen molar-refractivity contribution in [2.45, 2.75) is 67.2 Å². The van der Waals surface area contributed by atoms with Crippen molar-refractivity contribution >= 4 is 5.57 Å². The lowest BCUT2D eigenvalue weighted by molar-refractivity contribution is 0.225. The highest BCUT2D eigenvalue weighted by Crippen LogP contribution is 2.44. The molecule has 1 aromatic carbocycles. The number of hydrogen-bond donors (Lipinski definition) is 0. The van der Waals surface area contributed by atoms with Crippen LogP contribution in [0.25, 0.3) is 5.57 Å². The Hall–Kier alpha value is -1.04. The average molecular weight is 270 g/mol. The molecule has 0 fully saturated rings. The van der Waals surface area contributed by atoms with E-state index in [1.54, 1.807) is 0 Å². The lowest BCUT2D eigenvalue weighted by Gasteiger charge is -2.39. The number of rotatable bonds is 1. The Morgan fingerprint density at radius 2 is 1.45 bits per heavy atom. The van der Waals surface area contributed by atoms with Crippen molar-refractivity contribution in [2.75, 3.05) is 0 Å². The third-order valence-corrected chi connectivity index (χ3v) is 5.33. The van der Waals surface area contributed by atoms with Crippen LogP contribution in [0.3, 0.4) is 0 Å². The Morgan fingerprint density at radius 3 is 1.95 bits per heavy atom. The summed E-state index contributed by atoms with van der Waals surface area (Å²) in [6.45, 7) is 18.6. The first-order valence-corrected chi connectivity index (χ1v) is 7.79. The zero-order valence-electron chi connectivity index (χ0n) is 14.5. The second kappa shape index (κ2) is 4.48. The summed E-state index contributed by atoms with van der Waals surface area (Å²) in [5.74, 6) is 0. The van der Waals surface area contributed by atoms with Crippen molar-refractivity contribution in [2.24, 2.45) is 10.8 Å². The standard InChI is InChI=1S/C20H30/c1-18(2,3)17-12-9-14-13-15(10-11-16(14)17)20(7,8)19(4,5)6/h10-13H,9H2,1-8H3. The fourth-order valence-corrected chi connectivity index (χ4v) is 2.88. The van der Waals surface area contributed by atoms with Crippen LogP contribution in [0.15, 0.2) is 24.3 Å². The predicted molar refractivity (Wildman–Crippen MR) is 90.1 cm³/mol. The molecule has 0 aromatic heterocycles. The SMILES string of the molecule is CC(C)(C)C1=CCc2cc(C(C)(C)C(C)(C)C)ccc21. The molecule has 0 N–H and O–H groups in total.